The van der Waals surface area contributed by atoms with Crippen molar-refractivity contribution in [1.82, 2.24) is 15.2 Å². The maximum Gasteiger partial charge on any atom is 0.279 e. The summed E-state index contributed by atoms with van der Waals surface area (Å²) in [6.07, 6.45) is 1.32. The molecule has 5 N–H and O–H groups in total. The number of nitrogens with two attached hydrogens (primary N) is 1. The molecule has 9 nitrogen and oxygen atoms in total. The lowest BCUT2D eigenvalue weighted by Crippen LogP contribution is -2.50. The number of likely N-dealkylation sites (N-methyl/N-ethyl adjacent to an activating group) is 1. The van der Waals surface area contributed by atoms with Gasteiger partial charge in [0.15, 0.2) is 0 Å². The molecule has 0 saturated heterocycles. The van der Waals surface area contributed by atoms with Crippen LogP contribution in [0.25, 0.3) is 0 Å². The van der Waals surface area contributed by atoms with Crippen LogP contribution in [0.3, 0.4) is 0 Å². The van der Waals surface area contributed by atoms with Crippen molar-refractivity contribution in [3.63, 3.8) is 0 Å². The molecule has 0 aliphatic rings. The van der Waals surface area contributed by atoms with Crippen molar-refractivity contribution in [1.29, 1.82) is 0 Å². The van der Waals surface area contributed by atoms with Crippen molar-refractivity contribution in [2.75, 3.05) is 31.2 Å². The standard InChI is InChI=1S/C19H23N5O4/c1-21-16(12-25)19(28)24(18(27)15-4-2-3-10-22-15)11-9-17(26)23-14-7-5-13(20)6-8-14/h2-8,10,16,21,25H,9,11-12,20H2,1H3,(H,23,26)/t16-/m0/s1. The molecular weight excluding hydrogens is 362 g/mol. The van der Waals surface area contributed by atoms with Gasteiger partial charge >= 0.3 is 0 Å². The average Bonchev–Trinajstić information content (AvgIpc) is 2.71. The molecule has 0 unspecified atom stereocenters. The Labute approximate surface area is 162 Å². The number of carbonyl (C=O) groups is 3. The van der Waals surface area contributed by atoms with Crippen LogP contribution in [0.4, 0.5) is 11.4 Å². The van der Waals surface area contributed by atoms with Gasteiger partial charge in [-0.3, -0.25) is 24.3 Å². The Bertz CT molecular complexity index is 807. The first-order valence-corrected chi connectivity index (χ1v) is 8.66. The molecule has 2 rings (SSSR count). The van der Waals surface area contributed by atoms with Gasteiger partial charge in [0, 0.05) is 30.5 Å². The zero-order chi connectivity index (χ0) is 20.5. The zero-order valence-corrected chi connectivity index (χ0v) is 15.5. The number of imide groups is 1. The van der Waals surface area contributed by atoms with E-state index in [9.17, 15) is 19.5 Å². The number of amides is 3. The Morgan fingerprint density at radius 1 is 1.18 bits per heavy atom. The van der Waals surface area contributed by atoms with Crippen molar-refractivity contribution in [3.8, 4) is 0 Å². The number of benzene rings is 1. The maximum absolute atomic E-state index is 12.7. The molecule has 2 aromatic rings. The SMILES string of the molecule is CN[C@@H](CO)C(=O)N(CCC(=O)Nc1ccc(N)cc1)C(=O)c1ccccn1. The second-order valence-electron chi connectivity index (χ2n) is 5.95. The number of hydrogen-bond donors (Lipinski definition) is 4. The normalized spacial score (nSPS) is 11.5. The predicted octanol–water partition coefficient (Wildman–Crippen LogP) is 0.242. The van der Waals surface area contributed by atoms with E-state index in [0.29, 0.717) is 11.4 Å². The van der Waals surface area contributed by atoms with Crippen LogP contribution in [-0.4, -0.2) is 59.0 Å². The minimum atomic E-state index is -0.965. The number of aliphatic hydroxyl groups is 1. The largest absolute Gasteiger partial charge is 0.399 e. The molecule has 0 saturated carbocycles. The van der Waals surface area contributed by atoms with Gasteiger partial charge < -0.3 is 21.5 Å². The molecule has 0 aliphatic heterocycles. The fraction of sp³-hybridized carbons (Fsp3) is 0.263. The summed E-state index contributed by atoms with van der Waals surface area (Å²) in [6, 6.07) is 10.4. The average molecular weight is 385 g/mol. The summed E-state index contributed by atoms with van der Waals surface area (Å²) in [5.74, 6) is -1.65. The summed E-state index contributed by atoms with van der Waals surface area (Å²) in [4.78, 5) is 42.5. The number of aromatic nitrogens is 1. The monoisotopic (exact) mass is 385 g/mol. The maximum atomic E-state index is 12.7. The van der Waals surface area contributed by atoms with Crippen molar-refractivity contribution < 1.29 is 19.5 Å². The lowest BCUT2D eigenvalue weighted by atomic mass is 10.2. The third kappa shape index (κ3) is 5.60. The summed E-state index contributed by atoms with van der Waals surface area (Å²) in [5, 5.41) is 14.7. The number of anilines is 2. The minimum absolute atomic E-state index is 0.0718. The number of hydrogen-bond acceptors (Lipinski definition) is 7. The highest BCUT2D eigenvalue weighted by molar-refractivity contribution is 6.05. The van der Waals surface area contributed by atoms with Crippen LogP contribution in [0.5, 0.6) is 0 Å². The predicted molar refractivity (Wildman–Crippen MR) is 104 cm³/mol. The Hall–Kier alpha value is -3.30. The second-order valence-corrected chi connectivity index (χ2v) is 5.95. The number of carbonyl (C=O) groups excluding carboxylic acids is 3. The van der Waals surface area contributed by atoms with Crippen molar-refractivity contribution >= 4 is 29.1 Å². The summed E-state index contributed by atoms with van der Waals surface area (Å²) in [7, 11) is 1.50. The number of nitrogen functional groups attached to an aromatic ring is 1. The molecule has 1 aromatic heterocycles. The van der Waals surface area contributed by atoms with Crippen LogP contribution in [0.15, 0.2) is 48.7 Å². The van der Waals surface area contributed by atoms with E-state index in [0.717, 1.165) is 4.90 Å². The molecule has 1 atom stereocenters. The smallest absolute Gasteiger partial charge is 0.279 e. The van der Waals surface area contributed by atoms with E-state index in [1.54, 1.807) is 36.4 Å². The lowest BCUT2D eigenvalue weighted by molar-refractivity contribution is -0.131. The number of aliphatic hydroxyl groups excluding tert-OH is 1. The van der Waals surface area contributed by atoms with Gasteiger partial charge in [0.1, 0.15) is 11.7 Å². The number of pyridine rings is 1. The molecule has 1 heterocycles. The second kappa shape index (κ2) is 10.1. The summed E-state index contributed by atoms with van der Waals surface area (Å²) in [6.45, 7) is -0.647. The Morgan fingerprint density at radius 2 is 1.89 bits per heavy atom. The van der Waals surface area contributed by atoms with E-state index >= 15 is 0 Å². The molecule has 3 amide bonds. The molecule has 0 spiro atoms. The molecule has 1 aromatic carbocycles. The van der Waals surface area contributed by atoms with E-state index in [4.69, 9.17) is 5.73 Å². The highest BCUT2D eigenvalue weighted by Gasteiger charge is 2.29. The fourth-order valence-electron chi connectivity index (χ4n) is 2.42. The molecule has 0 radical (unpaired) electrons. The summed E-state index contributed by atoms with van der Waals surface area (Å²) < 4.78 is 0. The lowest BCUT2D eigenvalue weighted by Gasteiger charge is -2.24. The third-order valence-corrected chi connectivity index (χ3v) is 3.98. The number of nitrogens with one attached hydrogen (secondary N) is 2. The van der Waals surface area contributed by atoms with Gasteiger partial charge in [-0.25, -0.2) is 0 Å². The molecule has 0 aliphatic carbocycles. The third-order valence-electron chi connectivity index (χ3n) is 3.98. The van der Waals surface area contributed by atoms with Gasteiger partial charge in [-0.05, 0) is 43.4 Å². The van der Waals surface area contributed by atoms with E-state index in [-0.39, 0.29) is 24.6 Å². The summed E-state index contributed by atoms with van der Waals surface area (Å²) in [5.41, 5.74) is 6.80. The van der Waals surface area contributed by atoms with Crippen LogP contribution in [0.1, 0.15) is 16.9 Å². The highest BCUT2D eigenvalue weighted by atomic mass is 16.3. The van der Waals surface area contributed by atoms with Gasteiger partial charge in [-0.2, -0.15) is 0 Å². The molecule has 0 bridgehead atoms. The van der Waals surface area contributed by atoms with E-state index in [1.807, 2.05) is 0 Å². The molecule has 148 valence electrons. The zero-order valence-electron chi connectivity index (χ0n) is 15.5. The van der Waals surface area contributed by atoms with Crippen LogP contribution >= 0.6 is 0 Å². The van der Waals surface area contributed by atoms with Crippen molar-refractivity contribution in [3.05, 3.63) is 54.4 Å². The first-order chi connectivity index (χ1) is 13.5. The molecule has 28 heavy (non-hydrogen) atoms. The van der Waals surface area contributed by atoms with Gasteiger partial charge in [0.25, 0.3) is 5.91 Å². The van der Waals surface area contributed by atoms with Crippen molar-refractivity contribution in [2.45, 2.75) is 12.5 Å². The van der Waals surface area contributed by atoms with Crippen LogP contribution in [0.2, 0.25) is 0 Å². The Balaban J connectivity index is 2.10. The van der Waals surface area contributed by atoms with Gasteiger partial charge in [0.05, 0.1) is 6.61 Å². The molecular formula is C19H23N5O4. The Morgan fingerprint density at radius 3 is 2.46 bits per heavy atom. The van der Waals surface area contributed by atoms with Crippen LogP contribution in [-0.2, 0) is 9.59 Å². The summed E-state index contributed by atoms with van der Waals surface area (Å²) >= 11 is 0. The fourth-order valence-corrected chi connectivity index (χ4v) is 2.42. The first-order valence-electron chi connectivity index (χ1n) is 8.66. The number of nitrogens with zero attached hydrogens (tertiary/aromatic N) is 2. The highest BCUT2D eigenvalue weighted by Crippen LogP contribution is 2.11. The van der Waals surface area contributed by atoms with Crippen LogP contribution < -0.4 is 16.4 Å². The van der Waals surface area contributed by atoms with Gasteiger partial charge in [0.2, 0.25) is 11.8 Å². The van der Waals surface area contributed by atoms with E-state index < -0.39 is 24.5 Å². The Kier molecular flexibility index (Phi) is 7.61. The van der Waals surface area contributed by atoms with E-state index in [2.05, 4.69) is 15.6 Å². The van der Waals surface area contributed by atoms with Gasteiger partial charge in [-0.1, -0.05) is 6.07 Å². The topological polar surface area (TPSA) is 138 Å². The molecule has 9 heteroatoms. The molecule has 0 fully saturated rings. The number of rotatable bonds is 8. The quantitative estimate of drug-likeness (QED) is 0.478. The van der Waals surface area contributed by atoms with Crippen LogP contribution in [0, 0.1) is 0 Å². The van der Waals surface area contributed by atoms with Gasteiger partial charge in [-0.15, -0.1) is 0 Å². The van der Waals surface area contributed by atoms with Crippen molar-refractivity contribution in [2.24, 2.45) is 0 Å². The van der Waals surface area contributed by atoms with E-state index in [1.165, 1.54) is 19.3 Å². The first kappa shape index (κ1) is 21.0. The minimum Gasteiger partial charge on any atom is -0.399 e.